The maximum Gasteiger partial charge on any atom is 0.246 e. The smallest absolute Gasteiger partial charge is 0.246 e. The molecule has 0 unspecified atom stereocenters. The van der Waals surface area contributed by atoms with Crippen molar-refractivity contribution in [3.63, 3.8) is 0 Å². The van der Waals surface area contributed by atoms with Crippen LogP contribution in [0.4, 0.5) is 26.1 Å². The van der Waals surface area contributed by atoms with Crippen LogP contribution in [0, 0.1) is 18.6 Å². The molecule has 0 bridgehead atoms. The summed E-state index contributed by atoms with van der Waals surface area (Å²) in [5.74, 6) is -0.985. The summed E-state index contributed by atoms with van der Waals surface area (Å²) < 4.78 is 40.2. The molecule has 2 aromatic carbocycles. The van der Waals surface area contributed by atoms with E-state index in [-0.39, 0.29) is 12.7 Å². The summed E-state index contributed by atoms with van der Waals surface area (Å²) in [6.07, 6.45) is 4.30. The topological polar surface area (TPSA) is 64.4 Å². The fraction of sp³-hybridized carbons (Fsp3) is 0.417. The lowest BCUT2D eigenvalue weighted by atomic mass is 9.90. The first-order valence-corrected chi connectivity index (χ1v) is 11.2. The fourth-order valence-electron chi connectivity index (χ4n) is 4.55. The molecule has 0 saturated carbocycles. The predicted octanol–water partition coefficient (Wildman–Crippen LogP) is 4.62. The Morgan fingerprint density at radius 2 is 1.73 bits per heavy atom. The van der Waals surface area contributed by atoms with E-state index in [9.17, 15) is 8.78 Å². The van der Waals surface area contributed by atoms with Crippen LogP contribution < -0.4 is 10.2 Å². The minimum atomic E-state index is -0.665. The summed E-state index contributed by atoms with van der Waals surface area (Å²) in [7, 11) is 0. The maximum absolute atomic E-state index is 13.5. The van der Waals surface area contributed by atoms with Crippen LogP contribution in [0.3, 0.4) is 0 Å². The van der Waals surface area contributed by atoms with Gasteiger partial charge in [-0.05, 0) is 62.1 Å². The van der Waals surface area contributed by atoms with Crippen molar-refractivity contribution in [3.05, 3.63) is 59.9 Å². The van der Waals surface area contributed by atoms with Crippen LogP contribution in [-0.4, -0.2) is 53.3 Å². The molecule has 3 aromatic rings. The second kappa shape index (κ2) is 9.07. The Hall–Kier alpha value is -3.04. The largest absolute Gasteiger partial charge is 0.381 e. The van der Waals surface area contributed by atoms with E-state index < -0.39 is 11.6 Å². The molecule has 2 aliphatic rings. The van der Waals surface area contributed by atoms with Crippen LogP contribution in [0.5, 0.6) is 0 Å². The molecule has 1 spiro atoms. The van der Waals surface area contributed by atoms with Gasteiger partial charge in [-0.25, -0.2) is 13.5 Å². The highest BCUT2D eigenvalue weighted by Gasteiger charge is 2.35. The SMILES string of the molecule is Cc1cc(Nc2ncn(-c3cc(F)cc(F)c3)n2)cc(N2CCOC3(CCOCC3)CC2)c1.[HH]. The zero-order valence-electron chi connectivity index (χ0n) is 18.6. The van der Waals surface area contributed by atoms with Crippen LogP contribution in [0.1, 0.15) is 26.3 Å². The van der Waals surface area contributed by atoms with Gasteiger partial charge < -0.3 is 19.7 Å². The van der Waals surface area contributed by atoms with E-state index in [4.69, 9.17) is 9.47 Å². The normalized spacial score (nSPS) is 18.3. The van der Waals surface area contributed by atoms with Crippen LogP contribution in [0.15, 0.2) is 42.7 Å². The highest BCUT2D eigenvalue weighted by molar-refractivity contribution is 5.64. The number of anilines is 3. The van der Waals surface area contributed by atoms with Gasteiger partial charge in [0, 0.05) is 45.2 Å². The molecule has 0 radical (unpaired) electrons. The fourth-order valence-corrected chi connectivity index (χ4v) is 4.55. The summed E-state index contributed by atoms with van der Waals surface area (Å²) in [6.45, 7) is 6.00. The Kier molecular flexibility index (Phi) is 5.99. The van der Waals surface area contributed by atoms with Crippen molar-refractivity contribution in [1.29, 1.82) is 0 Å². The summed E-state index contributed by atoms with van der Waals surface area (Å²) in [4.78, 5) is 6.59. The molecule has 2 fully saturated rings. The number of nitrogens with one attached hydrogen (secondary N) is 1. The van der Waals surface area contributed by atoms with Crippen LogP contribution in [0.25, 0.3) is 5.69 Å². The standard InChI is InChI=1S/C24H27F2N5O2.H2/c1-17-10-20(28-23-27-16-31(29-23)22-13-18(25)12-19(26)14-22)15-21(11-17)30-5-2-24(33-9-6-30)3-7-32-8-4-24;/h10-16H,2-9H2,1H3,(H,28,29);1H. The first-order valence-electron chi connectivity index (χ1n) is 11.2. The third-order valence-electron chi connectivity index (χ3n) is 6.30. The highest BCUT2D eigenvalue weighted by Crippen LogP contribution is 2.33. The van der Waals surface area contributed by atoms with Gasteiger partial charge >= 0.3 is 0 Å². The number of hydrogen-bond acceptors (Lipinski definition) is 6. The van der Waals surface area contributed by atoms with Crippen molar-refractivity contribution in [3.8, 4) is 5.69 Å². The van der Waals surface area contributed by atoms with Crippen molar-refractivity contribution in [2.24, 2.45) is 0 Å². The van der Waals surface area contributed by atoms with Crippen LogP contribution >= 0.6 is 0 Å². The van der Waals surface area contributed by atoms with E-state index in [1.165, 1.54) is 23.1 Å². The first-order chi connectivity index (χ1) is 16.0. The molecular formula is C24H29F2N5O2. The third kappa shape index (κ3) is 4.99. The van der Waals surface area contributed by atoms with Gasteiger partial charge in [0.1, 0.15) is 18.0 Å². The van der Waals surface area contributed by atoms with Gasteiger partial charge in [0.15, 0.2) is 0 Å². The van der Waals surface area contributed by atoms with Crippen LogP contribution in [-0.2, 0) is 9.47 Å². The molecule has 7 nitrogen and oxygen atoms in total. The van der Waals surface area contributed by atoms with E-state index in [1.807, 2.05) is 13.0 Å². The number of nitrogens with zero attached hydrogens (tertiary/aromatic N) is 4. The number of rotatable bonds is 4. The molecule has 9 heteroatoms. The van der Waals surface area contributed by atoms with Gasteiger partial charge in [0.25, 0.3) is 0 Å². The van der Waals surface area contributed by atoms with Crippen molar-refractivity contribution in [1.82, 2.24) is 14.8 Å². The molecule has 2 saturated heterocycles. The number of benzene rings is 2. The quantitative estimate of drug-likeness (QED) is 0.617. The lowest BCUT2D eigenvalue weighted by Gasteiger charge is -2.35. The third-order valence-corrected chi connectivity index (χ3v) is 6.30. The van der Waals surface area contributed by atoms with Gasteiger partial charge in [-0.3, -0.25) is 0 Å². The van der Waals surface area contributed by atoms with E-state index >= 15 is 0 Å². The molecule has 3 heterocycles. The Morgan fingerprint density at radius 1 is 0.939 bits per heavy atom. The monoisotopic (exact) mass is 457 g/mol. The molecule has 0 aliphatic carbocycles. The molecule has 0 atom stereocenters. The second-order valence-corrected chi connectivity index (χ2v) is 8.70. The van der Waals surface area contributed by atoms with Gasteiger partial charge in [0.2, 0.25) is 5.95 Å². The number of halogens is 2. The Morgan fingerprint density at radius 3 is 2.52 bits per heavy atom. The zero-order chi connectivity index (χ0) is 22.8. The number of hydrogen-bond donors (Lipinski definition) is 1. The zero-order valence-corrected chi connectivity index (χ0v) is 18.6. The minimum Gasteiger partial charge on any atom is -0.381 e. The van der Waals surface area contributed by atoms with E-state index in [0.29, 0.717) is 12.6 Å². The van der Waals surface area contributed by atoms with Gasteiger partial charge in [0.05, 0.1) is 17.9 Å². The summed E-state index contributed by atoms with van der Waals surface area (Å²) in [5.41, 5.74) is 3.26. The van der Waals surface area contributed by atoms with Crippen LogP contribution in [0.2, 0.25) is 0 Å². The lowest BCUT2D eigenvalue weighted by molar-refractivity contribution is -0.105. The molecule has 2 aliphatic heterocycles. The van der Waals surface area contributed by atoms with Crippen molar-refractivity contribution in [2.75, 3.05) is 43.1 Å². The number of ether oxygens (including phenoxy) is 2. The molecular weight excluding hydrogens is 428 g/mol. The lowest BCUT2D eigenvalue weighted by Crippen LogP contribution is -2.39. The molecule has 5 rings (SSSR count). The Balaban J connectivity index is 0.00000274. The average Bonchev–Trinajstić information content (AvgIpc) is 3.15. The summed E-state index contributed by atoms with van der Waals surface area (Å²) >= 11 is 0. The van der Waals surface area contributed by atoms with Gasteiger partial charge in [-0.2, -0.15) is 4.98 Å². The second-order valence-electron chi connectivity index (χ2n) is 8.70. The van der Waals surface area contributed by atoms with E-state index in [2.05, 4.69) is 32.4 Å². The predicted molar refractivity (Wildman–Crippen MR) is 123 cm³/mol. The number of aryl methyl sites for hydroxylation is 1. The highest BCUT2D eigenvalue weighted by atomic mass is 19.1. The minimum absolute atomic E-state index is 0. The van der Waals surface area contributed by atoms with Crippen molar-refractivity contribution in [2.45, 2.75) is 31.8 Å². The van der Waals surface area contributed by atoms with Gasteiger partial charge in [-0.1, -0.05) is 0 Å². The van der Waals surface area contributed by atoms with Gasteiger partial charge in [-0.15, -0.1) is 5.10 Å². The van der Waals surface area contributed by atoms with Crippen molar-refractivity contribution >= 4 is 17.3 Å². The molecule has 1 aromatic heterocycles. The Labute approximate surface area is 192 Å². The average molecular weight is 458 g/mol. The molecule has 176 valence electrons. The van der Waals surface area contributed by atoms with Crippen molar-refractivity contribution < 1.29 is 19.7 Å². The Bertz CT molecular complexity index is 1120. The first kappa shape index (κ1) is 21.8. The molecule has 1 N–H and O–H groups in total. The summed E-state index contributed by atoms with van der Waals surface area (Å²) in [6, 6.07) is 9.48. The van der Waals surface area contributed by atoms with E-state index in [0.717, 1.165) is 68.6 Å². The number of aromatic nitrogens is 3. The molecule has 33 heavy (non-hydrogen) atoms. The maximum atomic E-state index is 13.5. The summed E-state index contributed by atoms with van der Waals surface area (Å²) in [5, 5.41) is 7.53. The van der Waals surface area contributed by atoms with E-state index in [1.54, 1.807) is 0 Å². The molecule has 0 amide bonds.